The summed E-state index contributed by atoms with van der Waals surface area (Å²) in [5, 5.41) is 0. The van der Waals surface area contributed by atoms with Crippen LogP contribution in [0.4, 0.5) is 13.2 Å². The predicted octanol–water partition coefficient (Wildman–Crippen LogP) is 1.44. The minimum Gasteiger partial charge on any atom is -0.393 e. The first kappa shape index (κ1) is 9.86. The Morgan fingerprint density at radius 1 is 1.31 bits per heavy atom. The zero-order chi connectivity index (χ0) is 11.7. The molecule has 1 saturated heterocycles. The predicted molar refractivity (Wildman–Crippen MR) is 43.8 cm³/mol. The summed E-state index contributed by atoms with van der Waals surface area (Å²) in [6.07, 6.45) is -2.30. The number of fused-ring (bicyclic) bond motifs is 5. The fraction of sp³-hybridized carbons (Fsp3) is 0.600. The SMILES string of the molecule is O=C1OC(=O)C2C1C1C=CC2(C(F)(F)F)C1. The van der Waals surface area contributed by atoms with Gasteiger partial charge >= 0.3 is 18.1 Å². The molecule has 0 radical (unpaired) electrons. The monoisotopic (exact) mass is 232 g/mol. The van der Waals surface area contributed by atoms with Crippen LogP contribution in [0.2, 0.25) is 0 Å². The second kappa shape index (κ2) is 2.49. The van der Waals surface area contributed by atoms with Crippen molar-refractivity contribution in [3.05, 3.63) is 12.2 Å². The Morgan fingerprint density at radius 3 is 2.62 bits per heavy atom. The van der Waals surface area contributed by atoms with Gasteiger partial charge in [-0.25, -0.2) is 0 Å². The van der Waals surface area contributed by atoms with E-state index in [1.54, 1.807) is 0 Å². The second-order valence-electron chi connectivity index (χ2n) is 4.51. The Bertz CT molecular complexity index is 426. The van der Waals surface area contributed by atoms with Crippen molar-refractivity contribution in [2.75, 3.05) is 0 Å². The first-order valence-corrected chi connectivity index (χ1v) is 4.88. The molecule has 0 N–H and O–H groups in total. The fourth-order valence-electron chi connectivity index (χ4n) is 3.15. The average Bonchev–Trinajstić information content (AvgIpc) is 2.76. The molecule has 0 aromatic heterocycles. The summed E-state index contributed by atoms with van der Waals surface area (Å²) in [6, 6.07) is 0. The molecule has 2 aliphatic carbocycles. The third kappa shape index (κ3) is 0.865. The molecule has 86 valence electrons. The topological polar surface area (TPSA) is 43.4 Å². The van der Waals surface area contributed by atoms with E-state index in [1.807, 2.05) is 0 Å². The molecule has 3 rings (SSSR count). The molecule has 3 aliphatic rings. The summed E-state index contributed by atoms with van der Waals surface area (Å²) in [5.41, 5.74) is -2.18. The number of cyclic esters (lactones) is 2. The van der Waals surface area contributed by atoms with Crippen molar-refractivity contribution in [1.29, 1.82) is 0 Å². The molecular weight excluding hydrogens is 225 g/mol. The highest BCUT2D eigenvalue weighted by Crippen LogP contribution is 2.65. The molecule has 6 heteroatoms. The maximum Gasteiger partial charge on any atom is 0.398 e. The number of allylic oxidation sites excluding steroid dienone is 2. The van der Waals surface area contributed by atoms with Gasteiger partial charge in [-0.3, -0.25) is 9.59 Å². The largest absolute Gasteiger partial charge is 0.398 e. The Labute approximate surface area is 88.2 Å². The van der Waals surface area contributed by atoms with Gasteiger partial charge in [-0.1, -0.05) is 12.2 Å². The van der Waals surface area contributed by atoms with E-state index in [9.17, 15) is 22.8 Å². The molecule has 0 spiro atoms. The molecular formula is C10H7F3O3. The lowest BCUT2D eigenvalue weighted by atomic mass is 9.74. The molecule has 16 heavy (non-hydrogen) atoms. The number of carbonyl (C=O) groups excluding carboxylic acids is 2. The van der Waals surface area contributed by atoms with Gasteiger partial charge in [-0.05, 0) is 12.3 Å². The van der Waals surface area contributed by atoms with Crippen molar-refractivity contribution in [1.82, 2.24) is 0 Å². The van der Waals surface area contributed by atoms with Gasteiger partial charge in [0.1, 0.15) is 0 Å². The van der Waals surface area contributed by atoms with Gasteiger partial charge < -0.3 is 4.74 Å². The molecule has 1 saturated carbocycles. The number of hydrogen-bond donors (Lipinski definition) is 0. The van der Waals surface area contributed by atoms with Gasteiger partial charge in [0.05, 0.1) is 17.3 Å². The van der Waals surface area contributed by atoms with Crippen LogP contribution in [0.1, 0.15) is 6.42 Å². The van der Waals surface area contributed by atoms with Crippen LogP contribution in [0, 0.1) is 23.2 Å². The Hall–Kier alpha value is -1.33. The average molecular weight is 232 g/mol. The molecule has 1 heterocycles. The summed E-state index contributed by atoms with van der Waals surface area (Å²) in [7, 11) is 0. The van der Waals surface area contributed by atoms with E-state index in [0.29, 0.717) is 0 Å². The van der Waals surface area contributed by atoms with Crippen LogP contribution in [-0.2, 0) is 14.3 Å². The Balaban J connectivity index is 2.14. The normalized spacial score (nSPS) is 45.1. The van der Waals surface area contributed by atoms with Crippen LogP contribution < -0.4 is 0 Å². The van der Waals surface area contributed by atoms with E-state index in [4.69, 9.17) is 0 Å². The minimum atomic E-state index is -4.51. The van der Waals surface area contributed by atoms with Crippen LogP contribution in [0.3, 0.4) is 0 Å². The van der Waals surface area contributed by atoms with E-state index < -0.39 is 41.3 Å². The van der Waals surface area contributed by atoms with Crippen LogP contribution in [-0.4, -0.2) is 18.1 Å². The molecule has 4 atom stereocenters. The zero-order valence-corrected chi connectivity index (χ0v) is 7.95. The Morgan fingerprint density at radius 2 is 2.00 bits per heavy atom. The fourth-order valence-corrected chi connectivity index (χ4v) is 3.15. The lowest BCUT2D eigenvalue weighted by molar-refractivity contribution is -0.218. The van der Waals surface area contributed by atoms with Crippen LogP contribution in [0.15, 0.2) is 12.2 Å². The zero-order valence-electron chi connectivity index (χ0n) is 7.95. The summed E-state index contributed by atoms with van der Waals surface area (Å²) in [6.45, 7) is 0. The van der Waals surface area contributed by atoms with Gasteiger partial charge in [0.25, 0.3) is 0 Å². The highest BCUT2D eigenvalue weighted by Gasteiger charge is 2.74. The molecule has 2 fully saturated rings. The summed E-state index contributed by atoms with van der Waals surface area (Å²) in [5.74, 6) is -4.64. The van der Waals surface area contributed by atoms with E-state index in [0.717, 1.165) is 6.08 Å². The standard InChI is InChI=1S/C10H7F3O3/c11-10(12,13)9-2-1-4(3-9)5-6(9)8(15)16-7(5)14/h1-2,4-6H,3H2. The van der Waals surface area contributed by atoms with Gasteiger partial charge in [0, 0.05) is 0 Å². The van der Waals surface area contributed by atoms with Crippen LogP contribution in [0.5, 0.6) is 0 Å². The first-order chi connectivity index (χ1) is 7.37. The number of hydrogen-bond acceptors (Lipinski definition) is 3. The molecule has 0 amide bonds. The molecule has 4 unspecified atom stereocenters. The van der Waals surface area contributed by atoms with E-state index in [2.05, 4.69) is 4.74 Å². The highest BCUT2D eigenvalue weighted by atomic mass is 19.4. The number of esters is 2. The molecule has 0 aromatic rings. The third-order valence-corrected chi connectivity index (χ3v) is 3.84. The maximum absolute atomic E-state index is 13.0. The molecule has 3 nitrogen and oxygen atoms in total. The van der Waals surface area contributed by atoms with Gasteiger partial charge in [-0.15, -0.1) is 0 Å². The highest BCUT2D eigenvalue weighted by molar-refractivity contribution is 5.98. The quantitative estimate of drug-likeness (QED) is 0.360. The molecule has 1 aliphatic heterocycles. The number of carbonyl (C=O) groups is 2. The smallest absolute Gasteiger partial charge is 0.393 e. The molecule has 0 aromatic carbocycles. The van der Waals surface area contributed by atoms with Crippen LogP contribution >= 0.6 is 0 Å². The summed E-state index contributed by atoms with van der Waals surface area (Å²) < 4.78 is 43.3. The van der Waals surface area contributed by atoms with Crippen molar-refractivity contribution >= 4 is 11.9 Å². The lowest BCUT2D eigenvalue weighted by Crippen LogP contribution is -2.42. The van der Waals surface area contributed by atoms with Crippen molar-refractivity contribution in [2.45, 2.75) is 12.6 Å². The van der Waals surface area contributed by atoms with Gasteiger partial charge in [-0.2, -0.15) is 13.2 Å². The van der Waals surface area contributed by atoms with Crippen molar-refractivity contribution in [3.8, 4) is 0 Å². The summed E-state index contributed by atoms with van der Waals surface area (Å²) >= 11 is 0. The van der Waals surface area contributed by atoms with Crippen molar-refractivity contribution in [3.63, 3.8) is 0 Å². The minimum absolute atomic E-state index is 0.202. The summed E-state index contributed by atoms with van der Waals surface area (Å²) in [4.78, 5) is 22.6. The van der Waals surface area contributed by atoms with Gasteiger partial charge in [0.2, 0.25) is 0 Å². The van der Waals surface area contributed by atoms with Crippen molar-refractivity contribution in [2.24, 2.45) is 23.2 Å². The second-order valence-corrected chi connectivity index (χ2v) is 4.51. The van der Waals surface area contributed by atoms with E-state index in [1.165, 1.54) is 6.08 Å². The van der Waals surface area contributed by atoms with Gasteiger partial charge in [0.15, 0.2) is 0 Å². The maximum atomic E-state index is 13.0. The lowest BCUT2D eigenvalue weighted by Gasteiger charge is -2.31. The van der Waals surface area contributed by atoms with E-state index >= 15 is 0 Å². The first-order valence-electron chi connectivity index (χ1n) is 4.88. The molecule has 2 bridgehead atoms. The third-order valence-electron chi connectivity index (χ3n) is 3.84. The van der Waals surface area contributed by atoms with E-state index in [-0.39, 0.29) is 6.42 Å². The Kier molecular flexibility index (Phi) is 1.54. The number of ether oxygens (including phenoxy) is 1. The van der Waals surface area contributed by atoms with Crippen molar-refractivity contribution < 1.29 is 27.5 Å². The van der Waals surface area contributed by atoms with Crippen LogP contribution in [0.25, 0.3) is 0 Å². The number of alkyl halides is 3. The number of rotatable bonds is 0. The number of halogens is 3.